The summed E-state index contributed by atoms with van der Waals surface area (Å²) in [6.45, 7) is 0. The van der Waals surface area contributed by atoms with Crippen LogP contribution < -0.4 is 0 Å². The van der Waals surface area contributed by atoms with Crippen molar-refractivity contribution in [1.82, 2.24) is 4.98 Å². The van der Waals surface area contributed by atoms with Crippen molar-refractivity contribution in [3.05, 3.63) is 90.6 Å². The summed E-state index contributed by atoms with van der Waals surface area (Å²) in [5.74, 6) is 0. The molecule has 0 bridgehead atoms. The van der Waals surface area contributed by atoms with Gasteiger partial charge in [0.2, 0.25) is 0 Å². The van der Waals surface area contributed by atoms with Crippen molar-refractivity contribution in [2.24, 2.45) is 0 Å². The lowest BCUT2D eigenvalue weighted by atomic mass is 10.0. The predicted octanol–water partition coefficient (Wildman–Crippen LogP) is 6.19. The van der Waals surface area contributed by atoms with Crippen LogP contribution >= 0.6 is 0 Å². The molecule has 5 rings (SSSR count). The fourth-order valence-electron chi connectivity index (χ4n) is 3.48. The van der Waals surface area contributed by atoms with Crippen molar-refractivity contribution in [2.45, 2.75) is 0 Å². The van der Waals surface area contributed by atoms with Crippen LogP contribution in [0.4, 0.5) is 0 Å². The molecule has 5 aromatic rings. The Morgan fingerprint density at radius 2 is 1.59 bits per heavy atom. The first-order valence-electron chi connectivity index (χ1n) is 8.71. The summed E-state index contributed by atoms with van der Waals surface area (Å²) in [5, 5.41) is 11.3. The van der Waals surface area contributed by atoms with Gasteiger partial charge in [-0.25, -0.2) is 0 Å². The van der Waals surface area contributed by atoms with Crippen LogP contribution in [-0.2, 0) is 0 Å². The topological polar surface area (TPSA) is 49.8 Å². The molecule has 0 saturated carbocycles. The van der Waals surface area contributed by atoms with Gasteiger partial charge >= 0.3 is 0 Å². The van der Waals surface area contributed by atoms with Gasteiger partial charge in [0.05, 0.1) is 17.3 Å². The lowest BCUT2D eigenvalue weighted by Gasteiger charge is -2.05. The Morgan fingerprint density at radius 1 is 0.778 bits per heavy atom. The number of furan rings is 1. The minimum absolute atomic E-state index is 0.611. The van der Waals surface area contributed by atoms with E-state index in [4.69, 9.17) is 4.42 Å². The van der Waals surface area contributed by atoms with Gasteiger partial charge in [-0.1, -0.05) is 54.6 Å². The van der Waals surface area contributed by atoms with Crippen molar-refractivity contribution in [1.29, 1.82) is 5.26 Å². The zero-order chi connectivity index (χ0) is 18.2. The number of hydrogen-bond acceptors (Lipinski definition) is 3. The number of nitriles is 1. The van der Waals surface area contributed by atoms with Crippen LogP contribution in [0.2, 0.25) is 0 Å². The SMILES string of the molecule is N#Cc1ccc(-c2ccc(-c3ccccc3)cn2)c2oc3ccccc3c12. The first-order chi connectivity index (χ1) is 13.3. The third-order valence-corrected chi connectivity index (χ3v) is 4.79. The Kier molecular flexibility index (Phi) is 3.48. The van der Waals surface area contributed by atoms with E-state index < -0.39 is 0 Å². The maximum atomic E-state index is 9.53. The van der Waals surface area contributed by atoms with Crippen LogP contribution in [0.3, 0.4) is 0 Å². The lowest BCUT2D eigenvalue weighted by Crippen LogP contribution is -1.87. The molecule has 3 nitrogen and oxygen atoms in total. The van der Waals surface area contributed by atoms with Crippen LogP contribution in [0.15, 0.2) is 89.5 Å². The Labute approximate surface area is 156 Å². The fraction of sp³-hybridized carbons (Fsp3) is 0. The quantitative estimate of drug-likeness (QED) is 0.383. The molecule has 0 saturated heterocycles. The fourth-order valence-corrected chi connectivity index (χ4v) is 3.48. The second-order valence-corrected chi connectivity index (χ2v) is 6.37. The van der Waals surface area contributed by atoms with Gasteiger partial charge in [-0.05, 0) is 29.8 Å². The van der Waals surface area contributed by atoms with E-state index in [9.17, 15) is 5.26 Å². The summed E-state index contributed by atoms with van der Waals surface area (Å²) in [7, 11) is 0. The number of fused-ring (bicyclic) bond motifs is 3. The van der Waals surface area contributed by atoms with E-state index in [0.29, 0.717) is 11.1 Å². The van der Waals surface area contributed by atoms with Gasteiger partial charge in [0.15, 0.2) is 0 Å². The zero-order valence-electron chi connectivity index (χ0n) is 14.4. The molecular weight excluding hydrogens is 332 g/mol. The smallest absolute Gasteiger partial charge is 0.146 e. The summed E-state index contributed by atoms with van der Waals surface area (Å²) in [6, 6.07) is 28.0. The minimum Gasteiger partial charge on any atom is -0.455 e. The Hall–Kier alpha value is -3.90. The molecule has 0 spiro atoms. The van der Waals surface area contributed by atoms with Gasteiger partial charge in [0.1, 0.15) is 11.2 Å². The van der Waals surface area contributed by atoms with Crippen molar-refractivity contribution >= 4 is 21.9 Å². The first kappa shape index (κ1) is 15.4. The molecule has 126 valence electrons. The van der Waals surface area contributed by atoms with Gasteiger partial charge in [-0.15, -0.1) is 0 Å². The monoisotopic (exact) mass is 346 g/mol. The molecule has 3 heteroatoms. The van der Waals surface area contributed by atoms with Gasteiger partial charge in [0, 0.05) is 28.1 Å². The molecule has 0 unspecified atom stereocenters. The van der Waals surface area contributed by atoms with Crippen LogP contribution in [0.5, 0.6) is 0 Å². The Morgan fingerprint density at radius 3 is 2.37 bits per heavy atom. The first-order valence-corrected chi connectivity index (χ1v) is 8.71. The highest BCUT2D eigenvalue weighted by Crippen LogP contribution is 2.37. The molecule has 2 heterocycles. The molecule has 0 fully saturated rings. The predicted molar refractivity (Wildman–Crippen MR) is 107 cm³/mol. The summed E-state index contributed by atoms with van der Waals surface area (Å²) in [5.41, 5.74) is 5.99. The van der Waals surface area contributed by atoms with Crippen molar-refractivity contribution in [3.8, 4) is 28.5 Å². The van der Waals surface area contributed by atoms with Gasteiger partial charge in [-0.3, -0.25) is 4.98 Å². The van der Waals surface area contributed by atoms with E-state index in [1.54, 1.807) is 0 Å². The number of benzene rings is 3. The second-order valence-electron chi connectivity index (χ2n) is 6.37. The maximum absolute atomic E-state index is 9.53. The Balaban J connectivity index is 1.71. The normalized spacial score (nSPS) is 10.9. The van der Waals surface area contributed by atoms with E-state index in [1.165, 1.54) is 0 Å². The van der Waals surface area contributed by atoms with Crippen LogP contribution in [0.25, 0.3) is 44.3 Å². The van der Waals surface area contributed by atoms with Crippen LogP contribution in [-0.4, -0.2) is 4.98 Å². The second kappa shape index (κ2) is 6.12. The molecule has 0 radical (unpaired) electrons. The highest BCUT2D eigenvalue weighted by atomic mass is 16.3. The number of pyridine rings is 1. The third kappa shape index (κ3) is 2.47. The standard InChI is InChI=1S/C24H14N2O/c25-14-17-10-12-19(24-23(17)20-8-4-5-9-22(20)27-24)21-13-11-18(15-26-21)16-6-2-1-3-7-16/h1-13,15H. The summed E-state index contributed by atoms with van der Waals surface area (Å²) >= 11 is 0. The van der Waals surface area contributed by atoms with E-state index in [0.717, 1.165) is 38.7 Å². The van der Waals surface area contributed by atoms with E-state index in [1.807, 2.05) is 66.9 Å². The highest BCUT2D eigenvalue weighted by Gasteiger charge is 2.16. The summed E-state index contributed by atoms with van der Waals surface area (Å²) < 4.78 is 6.10. The van der Waals surface area contributed by atoms with Gasteiger partial charge in [-0.2, -0.15) is 5.26 Å². The molecule has 2 aromatic heterocycles. The lowest BCUT2D eigenvalue weighted by molar-refractivity contribution is 0.670. The summed E-state index contributed by atoms with van der Waals surface area (Å²) in [6.07, 6.45) is 1.87. The number of para-hydroxylation sites is 1. The average Bonchev–Trinajstić information content (AvgIpc) is 3.14. The van der Waals surface area contributed by atoms with Gasteiger partial charge in [0.25, 0.3) is 0 Å². The zero-order valence-corrected chi connectivity index (χ0v) is 14.4. The third-order valence-electron chi connectivity index (χ3n) is 4.79. The number of nitrogens with zero attached hydrogens (tertiary/aromatic N) is 2. The molecule has 0 N–H and O–H groups in total. The molecular formula is C24H14N2O. The molecule has 0 aliphatic rings. The van der Waals surface area contributed by atoms with Crippen LogP contribution in [0, 0.1) is 11.3 Å². The van der Waals surface area contributed by atoms with Crippen molar-refractivity contribution < 1.29 is 4.42 Å². The number of rotatable bonds is 2. The Bertz CT molecular complexity index is 1310. The van der Waals surface area contributed by atoms with E-state index in [-0.39, 0.29) is 0 Å². The molecule has 3 aromatic carbocycles. The highest BCUT2D eigenvalue weighted by molar-refractivity contribution is 6.11. The van der Waals surface area contributed by atoms with Crippen molar-refractivity contribution in [3.63, 3.8) is 0 Å². The van der Waals surface area contributed by atoms with E-state index >= 15 is 0 Å². The molecule has 0 aliphatic carbocycles. The number of aromatic nitrogens is 1. The average molecular weight is 346 g/mol. The number of hydrogen-bond donors (Lipinski definition) is 0. The van der Waals surface area contributed by atoms with Crippen LogP contribution in [0.1, 0.15) is 5.56 Å². The molecule has 0 aliphatic heterocycles. The minimum atomic E-state index is 0.611. The van der Waals surface area contributed by atoms with Crippen molar-refractivity contribution in [2.75, 3.05) is 0 Å². The van der Waals surface area contributed by atoms with Gasteiger partial charge < -0.3 is 4.42 Å². The van der Waals surface area contributed by atoms with E-state index in [2.05, 4.69) is 29.3 Å². The molecule has 27 heavy (non-hydrogen) atoms. The summed E-state index contributed by atoms with van der Waals surface area (Å²) in [4.78, 5) is 4.66. The molecule has 0 atom stereocenters. The largest absolute Gasteiger partial charge is 0.455 e. The maximum Gasteiger partial charge on any atom is 0.146 e. The molecule has 0 amide bonds.